The van der Waals surface area contributed by atoms with Crippen LogP contribution in [0.5, 0.6) is 0 Å². The standard InChI is InChI=1S/C17H29N/c1-15(2)8-5-7-12-18-13-10-16-9-4-6-11-17(16,3)14-18/h4,6,9,11,15-16H,5,7-8,10,12-14H2,1-3H3. The molecule has 0 radical (unpaired) electrons. The Balaban J connectivity index is 1.76. The molecule has 0 aromatic heterocycles. The highest BCUT2D eigenvalue weighted by Crippen LogP contribution is 2.39. The zero-order valence-electron chi connectivity index (χ0n) is 12.4. The lowest BCUT2D eigenvalue weighted by Crippen LogP contribution is -2.46. The van der Waals surface area contributed by atoms with Crippen molar-refractivity contribution in [3.63, 3.8) is 0 Å². The van der Waals surface area contributed by atoms with Gasteiger partial charge in [-0.05, 0) is 37.8 Å². The third-order valence-electron chi connectivity index (χ3n) is 4.60. The van der Waals surface area contributed by atoms with E-state index in [-0.39, 0.29) is 0 Å². The fourth-order valence-corrected chi connectivity index (χ4v) is 3.37. The zero-order valence-corrected chi connectivity index (χ0v) is 12.4. The Morgan fingerprint density at radius 1 is 1.28 bits per heavy atom. The number of nitrogens with zero attached hydrogens (tertiary/aromatic N) is 1. The van der Waals surface area contributed by atoms with Gasteiger partial charge in [0.1, 0.15) is 0 Å². The number of likely N-dealkylation sites (tertiary alicyclic amines) is 1. The van der Waals surface area contributed by atoms with Crippen molar-refractivity contribution in [2.45, 2.75) is 46.5 Å². The van der Waals surface area contributed by atoms with E-state index in [1.165, 1.54) is 45.3 Å². The molecule has 2 rings (SSSR count). The van der Waals surface area contributed by atoms with Crippen LogP contribution in [-0.2, 0) is 0 Å². The first-order valence-corrected chi connectivity index (χ1v) is 7.68. The van der Waals surface area contributed by atoms with Crippen LogP contribution in [0.25, 0.3) is 0 Å². The monoisotopic (exact) mass is 247 g/mol. The van der Waals surface area contributed by atoms with Gasteiger partial charge >= 0.3 is 0 Å². The Morgan fingerprint density at radius 2 is 2.11 bits per heavy atom. The molecule has 18 heavy (non-hydrogen) atoms. The van der Waals surface area contributed by atoms with Gasteiger partial charge in [-0.3, -0.25) is 0 Å². The van der Waals surface area contributed by atoms with Gasteiger partial charge in [0.2, 0.25) is 0 Å². The van der Waals surface area contributed by atoms with Crippen LogP contribution in [0.15, 0.2) is 24.3 Å². The van der Waals surface area contributed by atoms with Gasteiger partial charge in [0, 0.05) is 12.0 Å². The third-order valence-corrected chi connectivity index (χ3v) is 4.60. The van der Waals surface area contributed by atoms with E-state index in [0.29, 0.717) is 5.41 Å². The summed E-state index contributed by atoms with van der Waals surface area (Å²) in [5.74, 6) is 1.63. The van der Waals surface area contributed by atoms with E-state index in [2.05, 4.69) is 50.0 Å². The first-order chi connectivity index (χ1) is 8.60. The van der Waals surface area contributed by atoms with Crippen molar-refractivity contribution in [2.24, 2.45) is 17.3 Å². The summed E-state index contributed by atoms with van der Waals surface area (Å²) in [6.45, 7) is 10.9. The molecule has 2 atom stereocenters. The van der Waals surface area contributed by atoms with Gasteiger partial charge in [0.05, 0.1) is 0 Å². The normalized spacial score (nSPS) is 31.9. The Kier molecular flexibility index (Phi) is 4.66. The molecule has 1 heteroatoms. The van der Waals surface area contributed by atoms with E-state index < -0.39 is 0 Å². The molecule has 0 aromatic carbocycles. The number of rotatable bonds is 5. The molecule has 102 valence electrons. The molecule has 1 nitrogen and oxygen atoms in total. The predicted octanol–water partition coefficient (Wildman–Crippen LogP) is 4.27. The summed E-state index contributed by atoms with van der Waals surface area (Å²) in [4.78, 5) is 2.68. The molecule has 0 amide bonds. The van der Waals surface area contributed by atoms with Crippen molar-refractivity contribution in [3.05, 3.63) is 24.3 Å². The third kappa shape index (κ3) is 3.47. The maximum Gasteiger partial charge on any atom is 0.00758 e. The van der Waals surface area contributed by atoms with E-state index >= 15 is 0 Å². The van der Waals surface area contributed by atoms with Crippen LogP contribution in [0, 0.1) is 17.3 Å². The number of fused-ring (bicyclic) bond motifs is 1. The second-order valence-electron chi connectivity index (χ2n) is 6.81. The first-order valence-electron chi connectivity index (χ1n) is 7.68. The van der Waals surface area contributed by atoms with Crippen LogP contribution < -0.4 is 0 Å². The molecule has 2 unspecified atom stereocenters. The van der Waals surface area contributed by atoms with E-state index in [9.17, 15) is 0 Å². The van der Waals surface area contributed by atoms with Gasteiger partial charge in [-0.1, -0.05) is 57.9 Å². The Bertz CT molecular complexity index is 316. The molecule has 1 saturated heterocycles. The number of unbranched alkanes of at least 4 members (excludes halogenated alkanes) is 1. The van der Waals surface area contributed by atoms with Gasteiger partial charge in [-0.25, -0.2) is 0 Å². The highest BCUT2D eigenvalue weighted by molar-refractivity contribution is 5.20. The minimum atomic E-state index is 0.394. The average molecular weight is 247 g/mol. The number of piperidine rings is 1. The van der Waals surface area contributed by atoms with Crippen LogP contribution in [0.4, 0.5) is 0 Å². The van der Waals surface area contributed by atoms with Gasteiger partial charge in [-0.2, -0.15) is 0 Å². The number of allylic oxidation sites excluding steroid dienone is 3. The van der Waals surface area contributed by atoms with Gasteiger partial charge in [0.15, 0.2) is 0 Å². The second kappa shape index (κ2) is 6.06. The average Bonchev–Trinajstić information content (AvgIpc) is 2.33. The molecule has 2 aliphatic rings. The van der Waals surface area contributed by atoms with Crippen molar-refractivity contribution in [1.82, 2.24) is 4.90 Å². The summed E-state index contributed by atoms with van der Waals surface area (Å²) in [5.41, 5.74) is 0.394. The van der Waals surface area contributed by atoms with E-state index in [4.69, 9.17) is 0 Å². The van der Waals surface area contributed by atoms with Crippen LogP contribution in [0.3, 0.4) is 0 Å². The Labute approximate surface area is 113 Å². The van der Waals surface area contributed by atoms with E-state index in [1.54, 1.807) is 0 Å². The number of hydrogen-bond acceptors (Lipinski definition) is 1. The van der Waals surface area contributed by atoms with Crippen LogP contribution in [0.1, 0.15) is 46.5 Å². The van der Waals surface area contributed by atoms with Crippen molar-refractivity contribution in [3.8, 4) is 0 Å². The van der Waals surface area contributed by atoms with Gasteiger partial charge in [0.25, 0.3) is 0 Å². The summed E-state index contributed by atoms with van der Waals surface area (Å²) < 4.78 is 0. The van der Waals surface area contributed by atoms with Crippen molar-refractivity contribution >= 4 is 0 Å². The maximum atomic E-state index is 2.68. The predicted molar refractivity (Wildman–Crippen MR) is 79.6 cm³/mol. The van der Waals surface area contributed by atoms with Gasteiger partial charge in [-0.15, -0.1) is 0 Å². The maximum absolute atomic E-state index is 2.68. The molecule has 0 N–H and O–H groups in total. The molecule has 0 spiro atoms. The fraction of sp³-hybridized carbons (Fsp3) is 0.765. The summed E-state index contributed by atoms with van der Waals surface area (Å²) in [6, 6.07) is 0. The summed E-state index contributed by atoms with van der Waals surface area (Å²) in [5, 5.41) is 0. The van der Waals surface area contributed by atoms with Crippen LogP contribution >= 0.6 is 0 Å². The van der Waals surface area contributed by atoms with E-state index in [1.807, 2.05) is 0 Å². The van der Waals surface area contributed by atoms with Gasteiger partial charge < -0.3 is 4.90 Å². The fourth-order valence-electron chi connectivity index (χ4n) is 3.37. The largest absolute Gasteiger partial charge is 0.302 e. The summed E-state index contributed by atoms with van der Waals surface area (Å²) in [7, 11) is 0. The lowest BCUT2D eigenvalue weighted by molar-refractivity contribution is 0.0976. The molecular formula is C17H29N. The second-order valence-corrected chi connectivity index (χ2v) is 6.81. The minimum Gasteiger partial charge on any atom is -0.302 e. The molecule has 1 aliphatic carbocycles. The van der Waals surface area contributed by atoms with Crippen molar-refractivity contribution in [2.75, 3.05) is 19.6 Å². The molecule has 1 fully saturated rings. The molecule has 1 aliphatic heterocycles. The van der Waals surface area contributed by atoms with Crippen LogP contribution in [-0.4, -0.2) is 24.5 Å². The summed E-state index contributed by atoms with van der Waals surface area (Å²) in [6.07, 6.45) is 14.8. The first kappa shape index (κ1) is 13.9. The number of hydrogen-bond donors (Lipinski definition) is 0. The lowest BCUT2D eigenvalue weighted by Gasteiger charge is -2.45. The van der Waals surface area contributed by atoms with Crippen molar-refractivity contribution in [1.29, 1.82) is 0 Å². The minimum absolute atomic E-state index is 0.394. The molecular weight excluding hydrogens is 218 g/mol. The quantitative estimate of drug-likeness (QED) is 0.656. The Hall–Kier alpha value is -0.560. The molecule has 0 bridgehead atoms. The molecule has 1 heterocycles. The topological polar surface area (TPSA) is 3.24 Å². The SMILES string of the molecule is CC(C)CCCCN1CCC2C=CC=CC2(C)C1. The summed E-state index contributed by atoms with van der Waals surface area (Å²) >= 11 is 0. The highest BCUT2D eigenvalue weighted by atomic mass is 15.1. The molecule has 0 saturated carbocycles. The molecule has 0 aromatic rings. The van der Waals surface area contributed by atoms with Crippen molar-refractivity contribution < 1.29 is 0 Å². The lowest BCUT2D eigenvalue weighted by atomic mass is 9.70. The zero-order chi connectivity index (χ0) is 13.0. The highest BCUT2D eigenvalue weighted by Gasteiger charge is 2.36. The van der Waals surface area contributed by atoms with Crippen LogP contribution in [0.2, 0.25) is 0 Å². The smallest absolute Gasteiger partial charge is 0.00758 e. The van der Waals surface area contributed by atoms with E-state index in [0.717, 1.165) is 11.8 Å². The Morgan fingerprint density at radius 3 is 2.89 bits per heavy atom.